The number of hydrogen-bond donors (Lipinski definition) is 0. The van der Waals surface area contributed by atoms with Crippen molar-refractivity contribution in [1.82, 2.24) is 9.80 Å². The van der Waals surface area contributed by atoms with E-state index in [1.165, 1.54) is 41.5 Å². The molecule has 0 bridgehead atoms. The van der Waals surface area contributed by atoms with Crippen LogP contribution in [0.25, 0.3) is 0 Å². The fraction of sp³-hybridized carbons (Fsp3) is 0.424. The first-order valence-corrected chi connectivity index (χ1v) is 13.9. The van der Waals surface area contributed by atoms with Crippen molar-refractivity contribution in [3.63, 3.8) is 0 Å². The molecule has 5 rings (SSSR count). The van der Waals surface area contributed by atoms with Crippen molar-refractivity contribution in [2.75, 3.05) is 26.2 Å². The first-order valence-electron chi connectivity index (χ1n) is 13.9. The smallest absolute Gasteiger partial charge is 0.162 e. The Bertz CT molecular complexity index is 1110. The van der Waals surface area contributed by atoms with E-state index in [9.17, 15) is 4.79 Å². The van der Waals surface area contributed by atoms with Gasteiger partial charge < -0.3 is 0 Å². The number of ketones is 1. The van der Waals surface area contributed by atoms with Crippen LogP contribution in [-0.4, -0.2) is 41.8 Å². The molecule has 2 heterocycles. The lowest BCUT2D eigenvalue weighted by atomic mass is 9.89. The molecule has 1 fully saturated rings. The summed E-state index contributed by atoms with van der Waals surface area (Å²) in [6.45, 7) is 6.50. The fourth-order valence-corrected chi connectivity index (χ4v) is 5.88. The Balaban J connectivity index is 0.00000200. The highest BCUT2D eigenvalue weighted by Gasteiger charge is 2.21. The Hall–Kier alpha value is -2.17. The topological polar surface area (TPSA) is 23.6 Å². The summed E-state index contributed by atoms with van der Waals surface area (Å²) in [7, 11) is 0. The van der Waals surface area contributed by atoms with E-state index in [-0.39, 0.29) is 24.8 Å². The van der Waals surface area contributed by atoms with Crippen molar-refractivity contribution in [3.05, 3.63) is 107 Å². The van der Waals surface area contributed by atoms with Crippen molar-refractivity contribution in [1.29, 1.82) is 0 Å². The molecule has 2 aliphatic heterocycles. The number of aryl methyl sites for hydroxylation is 1. The molecule has 0 amide bonds. The molecule has 3 aromatic rings. The Labute approximate surface area is 241 Å². The molecule has 0 aliphatic carbocycles. The lowest BCUT2D eigenvalue weighted by Gasteiger charge is -2.32. The van der Waals surface area contributed by atoms with Crippen molar-refractivity contribution in [3.8, 4) is 0 Å². The van der Waals surface area contributed by atoms with E-state index >= 15 is 0 Å². The monoisotopic (exact) mass is 552 g/mol. The predicted octanol–water partition coefficient (Wildman–Crippen LogP) is 7.40. The number of halogens is 2. The first-order chi connectivity index (χ1) is 17.7. The lowest BCUT2D eigenvalue weighted by Crippen LogP contribution is -2.33. The van der Waals surface area contributed by atoms with Crippen LogP contribution in [0.3, 0.4) is 0 Å². The van der Waals surface area contributed by atoms with E-state index < -0.39 is 0 Å². The van der Waals surface area contributed by atoms with Crippen LogP contribution in [-0.2, 0) is 25.9 Å². The molecule has 5 heteroatoms. The highest BCUT2D eigenvalue weighted by molar-refractivity contribution is 5.96. The Morgan fingerprint density at radius 3 is 2.16 bits per heavy atom. The molecular weight excluding hydrogens is 511 g/mol. The third-order valence-electron chi connectivity index (χ3n) is 8.14. The van der Waals surface area contributed by atoms with Gasteiger partial charge in [0.05, 0.1) is 0 Å². The average molecular weight is 554 g/mol. The van der Waals surface area contributed by atoms with Crippen LogP contribution in [0.2, 0.25) is 0 Å². The van der Waals surface area contributed by atoms with Gasteiger partial charge in [-0.1, -0.05) is 72.8 Å². The van der Waals surface area contributed by atoms with Crippen LogP contribution in [0, 0.1) is 5.92 Å². The van der Waals surface area contributed by atoms with Gasteiger partial charge in [-0.25, -0.2) is 0 Å². The zero-order chi connectivity index (χ0) is 24.6. The molecular formula is C33H42Cl2N2O. The third kappa shape index (κ3) is 8.68. The van der Waals surface area contributed by atoms with E-state index in [2.05, 4.69) is 88.7 Å². The highest BCUT2D eigenvalue weighted by Crippen LogP contribution is 2.26. The van der Waals surface area contributed by atoms with Crippen molar-refractivity contribution >= 4 is 30.6 Å². The number of Topliss-reactive ketones (excluding diaryl/α,β-unsaturated/α-hetero) is 1. The summed E-state index contributed by atoms with van der Waals surface area (Å²) in [6.07, 6.45) is 7.52. The van der Waals surface area contributed by atoms with Crippen LogP contribution in [0.15, 0.2) is 78.9 Å². The van der Waals surface area contributed by atoms with E-state index in [1.54, 1.807) is 0 Å². The molecule has 0 saturated carbocycles. The molecule has 0 unspecified atom stereocenters. The number of nitrogens with zero attached hydrogens (tertiary/aromatic N) is 2. The standard InChI is InChI=1S/C33H40N2O.2ClH/c36-33(16-13-28-18-22-35(23-19-28)25-29-10-5-2-6-11-29)31-15-14-30-12-7-20-34(26-32(30)24-31)21-17-27-8-3-1-4-9-27;;/h1-6,8-11,14-15,24,28H,7,12-13,16-23,25-26H2;2*1H. The number of carbonyl (C=O) groups excluding carboxylic acids is 1. The minimum absolute atomic E-state index is 0. The van der Waals surface area contributed by atoms with E-state index in [0.717, 1.165) is 64.1 Å². The molecule has 0 N–H and O–H groups in total. The molecule has 2 aliphatic rings. The van der Waals surface area contributed by atoms with Gasteiger partial charge in [0, 0.05) is 31.6 Å². The summed E-state index contributed by atoms with van der Waals surface area (Å²) in [5.74, 6) is 1.000. The highest BCUT2D eigenvalue weighted by atomic mass is 35.5. The van der Waals surface area contributed by atoms with Gasteiger partial charge in [0.2, 0.25) is 0 Å². The molecule has 38 heavy (non-hydrogen) atoms. The van der Waals surface area contributed by atoms with E-state index in [4.69, 9.17) is 0 Å². The summed E-state index contributed by atoms with van der Waals surface area (Å²) in [4.78, 5) is 18.3. The second kappa shape index (κ2) is 15.4. The number of hydrogen-bond acceptors (Lipinski definition) is 3. The molecule has 1 saturated heterocycles. The van der Waals surface area contributed by atoms with E-state index in [0.29, 0.717) is 18.1 Å². The molecule has 0 spiro atoms. The van der Waals surface area contributed by atoms with E-state index in [1.807, 2.05) is 0 Å². The minimum atomic E-state index is 0. The Kier molecular flexibility index (Phi) is 12.3. The number of piperidine rings is 1. The van der Waals surface area contributed by atoms with Gasteiger partial charge >= 0.3 is 0 Å². The summed E-state index contributed by atoms with van der Waals surface area (Å²) >= 11 is 0. The number of rotatable bonds is 9. The lowest BCUT2D eigenvalue weighted by molar-refractivity contribution is 0.0961. The summed E-state index contributed by atoms with van der Waals surface area (Å²) in [5.41, 5.74) is 6.50. The van der Waals surface area contributed by atoms with Crippen LogP contribution in [0.5, 0.6) is 0 Å². The summed E-state index contributed by atoms with van der Waals surface area (Å²) in [5, 5.41) is 0. The quantitative estimate of drug-likeness (QED) is 0.258. The molecule has 0 aromatic heterocycles. The van der Waals surface area contributed by atoms with Gasteiger partial charge in [0.1, 0.15) is 0 Å². The van der Waals surface area contributed by atoms with Crippen molar-refractivity contribution in [2.45, 2.75) is 58.0 Å². The van der Waals surface area contributed by atoms with Gasteiger partial charge in [-0.2, -0.15) is 0 Å². The van der Waals surface area contributed by atoms with Gasteiger partial charge in [0.15, 0.2) is 5.78 Å². The number of likely N-dealkylation sites (tertiary alicyclic amines) is 1. The maximum Gasteiger partial charge on any atom is 0.162 e. The molecule has 0 atom stereocenters. The van der Waals surface area contributed by atoms with Crippen LogP contribution < -0.4 is 0 Å². The molecule has 0 radical (unpaired) electrons. The SMILES string of the molecule is Cl.Cl.O=C(CCC1CCN(Cc2ccccc2)CC1)c1ccc2c(c1)CN(CCc1ccccc1)CCC2. The van der Waals surface area contributed by atoms with Gasteiger partial charge in [-0.15, -0.1) is 24.8 Å². The summed E-state index contributed by atoms with van der Waals surface area (Å²) < 4.78 is 0. The second-order valence-electron chi connectivity index (χ2n) is 10.8. The summed E-state index contributed by atoms with van der Waals surface area (Å²) in [6, 6.07) is 28.1. The second-order valence-corrected chi connectivity index (χ2v) is 10.8. The Morgan fingerprint density at radius 1 is 0.763 bits per heavy atom. The predicted molar refractivity (Wildman–Crippen MR) is 163 cm³/mol. The average Bonchev–Trinajstić information content (AvgIpc) is 3.14. The Morgan fingerprint density at radius 2 is 1.45 bits per heavy atom. The van der Waals surface area contributed by atoms with Crippen LogP contribution in [0.1, 0.15) is 64.7 Å². The fourth-order valence-electron chi connectivity index (χ4n) is 5.88. The van der Waals surface area contributed by atoms with Crippen LogP contribution in [0.4, 0.5) is 0 Å². The number of benzene rings is 3. The molecule has 204 valence electrons. The maximum absolute atomic E-state index is 13.1. The third-order valence-corrected chi connectivity index (χ3v) is 8.14. The zero-order valence-corrected chi connectivity index (χ0v) is 24.0. The normalized spacial score (nSPS) is 16.5. The van der Waals surface area contributed by atoms with Crippen LogP contribution >= 0.6 is 24.8 Å². The van der Waals surface area contributed by atoms with Crippen molar-refractivity contribution < 1.29 is 4.79 Å². The first kappa shape index (κ1) is 30.4. The molecule has 3 nitrogen and oxygen atoms in total. The number of fused-ring (bicyclic) bond motifs is 1. The van der Waals surface area contributed by atoms with Crippen molar-refractivity contribution in [2.24, 2.45) is 5.92 Å². The van der Waals surface area contributed by atoms with Gasteiger partial charge in [-0.05, 0) is 92.4 Å². The zero-order valence-electron chi connectivity index (χ0n) is 22.4. The maximum atomic E-state index is 13.1. The van der Waals surface area contributed by atoms with Gasteiger partial charge in [-0.3, -0.25) is 14.6 Å². The number of carbonyl (C=O) groups is 1. The largest absolute Gasteiger partial charge is 0.299 e. The molecule has 3 aromatic carbocycles. The minimum Gasteiger partial charge on any atom is -0.299 e. The van der Waals surface area contributed by atoms with Gasteiger partial charge in [0.25, 0.3) is 0 Å².